The second kappa shape index (κ2) is 10.9. The number of nitrogens with two attached hydrogens (primary N) is 1. The van der Waals surface area contributed by atoms with Gasteiger partial charge in [0.15, 0.2) is 0 Å². The van der Waals surface area contributed by atoms with Gasteiger partial charge in [-0.2, -0.15) is 0 Å². The highest BCUT2D eigenvalue weighted by Crippen LogP contribution is 2.25. The van der Waals surface area contributed by atoms with Crippen molar-refractivity contribution in [2.24, 2.45) is 5.73 Å². The van der Waals surface area contributed by atoms with Crippen LogP contribution in [-0.2, 0) is 22.6 Å². The molecule has 2 fully saturated rings. The molecule has 2 saturated heterocycles. The molecular formula is C26H34N4O3. The summed E-state index contributed by atoms with van der Waals surface area (Å²) >= 11 is 0. The van der Waals surface area contributed by atoms with Crippen LogP contribution in [0.4, 0.5) is 0 Å². The zero-order chi connectivity index (χ0) is 23.2. The number of carboxylic acids is 1. The van der Waals surface area contributed by atoms with Crippen LogP contribution in [0.2, 0.25) is 0 Å². The lowest BCUT2D eigenvalue weighted by atomic mass is 10.0. The molecule has 2 aromatic carbocycles. The number of aliphatic carboxylic acids is 1. The molecule has 0 aliphatic carbocycles. The molecule has 1 amide bonds. The van der Waals surface area contributed by atoms with Gasteiger partial charge in [-0.05, 0) is 30.4 Å². The first-order valence-corrected chi connectivity index (χ1v) is 11.8. The zero-order valence-corrected chi connectivity index (χ0v) is 19.1. The van der Waals surface area contributed by atoms with Crippen LogP contribution in [0.1, 0.15) is 24.0 Å². The summed E-state index contributed by atoms with van der Waals surface area (Å²) in [4.78, 5) is 31.3. The first kappa shape index (κ1) is 23.4. The van der Waals surface area contributed by atoms with Crippen LogP contribution in [-0.4, -0.2) is 82.5 Å². The number of hydrogen-bond acceptors (Lipinski definition) is 5. The molecule has 0 bridgehead atoms. The third-order valence-electron chi connectivity index (χ3n) is 6.92. The first-order valence-electron chi connectivity index (χ1n) is 11.8. The summed E-state index contributed by atoms with van der Waals surface area (Å²) in [6.45, 7) is 5.00. The Labute approximate surface area is 195 Å². The molecule has 4 rings (SSSR count). The summed E-state index contributed by atoms with van der Waals surface area (Å²) in [5.74, 6) is -1.19. The molecule has 0 radical (unpaired) electrons. The second-order valence-electron chi connectivity index (χ2n) is 9.16. The Hall–Kier alpha value is -2.74. The van der Waals surface area contributed by atoms with Crippen molar-refractivity contribution < 1.29 is 14.7 Å². The van der Waals surface area contributed by atoms with Gasteiger partial charge in [0, 0.05) is 45.3 Å². The van der Waals surface area contributed by atoms with E-state index < -0.39 is 18.1 Å². The van der Waals surface area contributed by atoms with Crippen molar-refractivity contribution in [3.8, 4) is 0 Å². The Kier molecular flexibility index (Phi) is 7.75. The molecule has 33 heavy (non-hydrogen) atoms. The molecule has 2 aromatic rings. The Morgan fingerprint density at radius 2 is 1.55 bits per heavy atom. The number of carbonyl (C=O) groups excluding carboxylic acids is 1. The van der Waals surface area contributed by atoms with Gasteiger partial charge in [0.2, 0.25) is 5.91 Å². The predicted molar refractivity (Wildman–Crippen MR) is 128 cm³/mol. The maximum atomic E-state index is 13.1. The third kappa shape index (κ3) is 5.99. The number of amides is 1. The van der Waals surface area contributed by atoms with Crippen LogP contribution in [0.3, 0.4) is 0 Å². The molecule has 0 unspecified atom stereocenters. The highest BCUT2D eigenvalue weighted by molar-refractivity contribution is 5.87. The smallest absolute Gasteiger partial charge is 0.326 e. The molecular weight excluding hydrogens is 416 g/mol. The fourth-order valence-corrected chi connectivity index (χ4v) is 4.99. The van der Waals surface area contributed by atoms with E-state index in [-0.39, 0.29) is 11.9 Å². The van der Waals surface area contributed by atoms with Gasteiger partial charge in [0.05, 0.1) is 6.04 Å². The second-order valence-corrected chi connectivity index (χ2v) is 9.16. The van der Waals surface area contributed by atoms with E-state index in [2.05, 4.69) is 34.1 Å². The monoisotopic (exact) mass is 450 g/mol. The number of carbonyl (C=O) groups is 2. The Morgan fingerprint density at radius 1 is 0.939 bits per heavy atom. The number of rotatable bonds is 8. The molecule has 7 nitrogen and oxygen atoms in total. The van der Waals surface area contributed by atoms with Gasteiger partial charge in [-0.1, -0.05) is 60.7 Å². The minimum atomic E-state index is -0.941. The maximum Gasteiger partial charge on any atom is 0.326 e. The van der Waals surface area contributed by atoms with Crippen molar-refractivity contribution in [1.29, 1.82) is 0 Å². The first-order chi connectivity index (χ1) is 16.0. The quantitative estimate of drug-likeness (QED) is 0.638. The number of hydrogen-bond donors (Lipinski definition) is 2. The van der Waals surface area contributed by atoms with Gasteiger partial charge in [0.25, 0.3) is 0 Å². The molecule has 7 heteroatoms. The number of likely N-dealkylation sites (tertiary alicyclic amines) is 1. The van der Waals surface area contributed by atoms with Crippen LogP contribution in [0.5, 0.6) is 0 Å². The van der Waals surface area contributed by atoms with E-state index in [9.17, 15) is 14.7 Å². The van der Waals surface area contributed by atoms with E-state index in [1.165, 1.54) is 10.5 Å². The van der Waals surface area contributed by atoms with E-state index in [1.54, 1.807) is 0 Å². The summed E-state index contributed by atoms with van der Waals surface area (Å²) in [6.07, 6.45) is 1.67. The highest BCUT2D eigenvalue weighted by Gasteiger charge is 2.43. The van der Waals surface area contributed by atoms with Gasteiger partial charge in [-0.15, -0.1) is 0 Å². The van der Waals surface area contributed by atoms with Crippen LogP contribution in [0.15, 0.2) is 60.7 Å². The number of carboxylic acid groups (broad SMARTS) is 1. The molecule has 2 heterocycles. The van der Waals surface area contributed by atoms with E-state index in [1.807, 2.05) is 36.4 Å². The summed E-state index contributed by atoms with van der Waals surface area (Å²) in [7, 11) is 0. The number of nitrogens with zero attached hydrogens (tertiary/aromatic N) is 3. The van der Waals surface area contributed by atoms with Crippen molar-refractivity contribution in [1.82, 2.24) is 14.7 Å². The lowest BCUT2D eigenvalue weighted by molar-refractivity contribution is -0.148. The summed E-state index contributed by atoms with van der Waals surface area (Å²) < 4.78 is 0. The van der Waals surface area contributed by atoms with E-state index in [4.69, 9.17) is 5.73 Å². The zero-order valence-electron chi connectivity index (χ0n) is 19.1. The van der Waals surface area contributed by atoms with Crippen molar-refractivity contribution in [3.63, 3.8) is 0 Å². The average Bonchev–Trinajstić information content (AvgIpc) is 3.30. The topological polar surface area (TPSA) is 90.1 Å². The summed E-state index contributed by atoms with van der Waals surface area (Å²) in [5.41, 5.74) is 8.65. The molecule has 0 spiro atoms. The van der Waals surface area contributed by atoms with Crippen molar-refractivity contribution in [2.75, 3.05) is 32.7 Å². The molecule has 2 aliphatic rings. The lowest BCUT2D eigenvalue weighted by Gasteiger charge is -2.38. The normalized spacial score (nSPS) is 22.9. The lowest BCUT2D eigenvalue weighted by Crippen LogP contribution is -2.51. The minimum absolute atomic E-state index is 0.0650. The van der Waals surface area contributed by atoms with Gasteiger partial charge < -0.3 is 15.7 Å². The molecule has 3 N–H and O–H groups in total. The van der Waals surface area contributed by atoms with Gasteiger partial charge in [-0.25, -0.2) is 4.79 Å². The fourth-order valence-electron chi connectivity index (χ4n) is 4.99. The standard InChI is InChI=1S/C26H34N4O3/c27-23(12-11-20-7-3-1-4-8-20)25(31)30-19-22(17-24(30)26(32)33)29-15-13-28(14-16-29)18-21-9-5-2-6-10-21/h1-10,22-24H,11-19,27H2,(H,32,33)/t22-,23+,24-/m0/s1. The summed E-state index contributed by atoms with van der Waals surface area (Å²) in [6, 6.07) is 18.9. The van der Waals surface area contributed by atoms with E-state index in [0.717, 1.165) is 38.3 Å². The van der Waals surface area contributed by atoms with Crippen molar-refractivity contribution in [3.05, 3.63) is 71.8 Å². The molecule has 0 aromatic heterocycles. The minimum Gasteiger partial charge on any atom is -0.480 e. The SMILES string of the molecule is N[C@H](CCc1ccccc1)C(=O)N1C[C@@H](N2CCN(Cc3ccccc3)CC2)C[C@H]1C(=O)O. The number of benzene rings is 2. The summed E-state index contributed by atoms with van der Waals surface area (Å²) in [5, 5.41) is 9.78. The van der Waals surface area contributed by atoms with Gasteiger partial charge in [0.1, 0.15) is 6.04 Å². The largest absolute Gasteiger partial charge is 0.480 e. The van der Waals surface area contributed by atoms with Gasteiger partial charge in [-0.3, -0.25) is 14.6 Å². The van der Waals surface area contributed by atoms with E-state index >= 15 is 0 Å². The van der Waals surface area contributed by atoms with Crippen LogP contribution < -0.4 is 5.73 Å². The van der Waals surface area contributed by atoms with Crippen molar-refractivity contribution in [2.45, 2.75) is 43.9 Å². The molecule has 0 saturated carbocycles. The maximum absolute atomic E-state index is 13.1. The third-order valence-corrected chi connectivity index (χ3v) is 6.92. The van der Waals surface area contributed by atoms with Crippen LogP contribution in [0, 0.1) is 0 Å². The molecule has 2 aliphatic heterocycles. The van der Waals surface area contributed by atoms with Gasteiger partial charge >= 0.3 is 5.97 Å². The Morgan fingerprint density at radius 3 is 2.15 bits per heavy atom. The van der Waals surface area contributed by atoms with Crippen LogP contribution in [0.25, 0.3) is 0 Å². The number of aryl methyl sites for hydroxylation is 1. The Balaban J connectivity index is 1.31. The predicted octanol–water partition coefficient (Wildman–Crippen LogP) is 1.82. The van der Waals surface area contributed by atoms with Crippen LogP contribution >= 0.6 is 0 Å². The highest BCUT2D eigenvalue weighted by atomic mass is 16.4. The Bertz CT molecular complexity index is 916. The fraction of sp³-hybridized carbons (Fsp3) is 0.462. The van der Waals surface area contributed by atoms with E-state index in [0.29, 0.717) is 25.8 Å². The number of piperazine rings is 1. The molecule has 3 atom stereocenters. The average molecular weight is 451 g/mol. The molecule has 176 valence electrons. The van der Waals surface area contributed by atoms with Crippen molar-refractivity contribution >= 4 is 11.9 Å².